The number of hydrogen-bond donors (Lipinski definition) is 0. The number of benzene rings is 3. The van der Waals surface area contributed by atoms with Gasteiger partial charge in [0.05, 0.1) is 11.1 Å². The molecule has 42 heavy (non-hydrogen) atoms. The first-order chi connectivity index (χ1) is 20.5. The lowest BCUT2D eigenvalue weighted by Crippen LogP contribution is -2.19. The van der Waals surface area contributed by atoms with Gasteiger partial charge in [0.15, 0.2) is 6.10 Å². The molecular formula is C38H46O4. The molecule has 3 aromatic carbocycles. The second-order valence-corrected chi connectivity index (χ2v) is 12.4. The molecule has 1 atom stereocenters. The fraction of sp³-hybridized carbons (Fsp3) is 0.474. The quantitative estimate of drug-likeness (QED) is 0.229. The topological polar surface area (TPSA) is 52.6 Å². The highest BCUT2D eigenvalue weighted by Gasteiger charge is 2.24. The molecule has 0 aliphatic heterocycles. The molecule has 2 aliphatic rings. The van der Waals surface area contributed by atoms with Crippen LogP contribution in [0.4, 0.5) is 0 Å². The zero-order valence-electron chi connectivity index (χ0n) is 25.3. The van der Waals surface area contributed by atoms with E-state index in [1.54, 1.807) is 0 Å². The molecule has 4 heteroatoms. The van der Waals surface area contributed by atoms with Crippen LogP contribution in [0.1, 0.15) is 133 Å². The van der Waals surface area contributed by atoms with Crippen LogP contribution in [0.15, 0.2) is 78.9 Å². The van der Waals surface area contributed by atoms with Gasteiger partial charge in [-0.1, -0.05) is 81.3 Å². The second-order valence-electron chi connectivity index (χ2n) is 12.4. The molecule has 1 unspecified atom stereocenters. The van der Waals surface area contributed by atoms with Crippen molar-refractivity contribution in [2.45, 2.75) is 96.0 Å². The van der Waals surface area contributed by atoms with E-state index in [0.29, 0.717) is 23.0 Å². The summed E-state index contributed by atoms with van der Waals surface area (Å²) in [4.78, 5) is 26.1. The first kappa shape index (κ1) is 30.1. The van der Waals surface area contributed by atoms with Crippen molar-refractivity contribution < 1.29 is 19.1 Å². The monoisotopic (exact) mass is 566 g/mol. The summed E-state index contributed by atoms with van der Waals surface area (Å²) in [6.07, 6.45) is 11.8. The third-order valence-electron chi connectivity index (χ3n) is 9.87. The molecule has 0 N–H and O–H groups in total. The van der Waals surface area contributed by atoms with E-state index in [9.17, 15) is 9.59 Å². The van der Waals surface area contributed by atoms with Crippen molar-refractivity contribution in [1.82, 2.24) is 0 Å². The maximum atomic E-state index is 13.2. The molecule has 0 spiro atoms. The van der Waals surface area contributed by atoms with Gasteiger partial charge in [-0.3, -0.25) is 0 Å². The van der Waals surface area contributed by atoms with Crippen molar-refractivity contribution >= 4 is 11.9 Å². The molecular weight excluding hydrogens is 520 g/mol. The lowest BCUT2D eigenvalue weighted by Gasteiger charge is -2.28. The highest BCUT2D eigenvalue weighted by molar-refractivity contribution is 5.90. The summed E-state index contributed by atoms with van der Waals surface area (Å²) < 4.78 is 11.6. The molecule has 0 amide bonds. The smallest absolute Gasteiger partial charge is 0.338 e. The highest BCUT2D eigenvalue weighted by Crippen LogP contribution is 2.38. The highest BCUT2D eigenvalue weighted by atomic mass is 16.6. The predicted molar refractivity (Wildman–Crippen MR) is 168 cm³/mol. The van der Waals surface area contributed by atoms with Crippen LogP contribution in [0.3, 0.4) is 0 Å². The minimum atomic E-state index is -0.695. The Balaban J connectivity index is 1.18. The number of esters is 2. The van der Waals surface area contributed by atoms with Crippen LogP contribution in [-0.4, -0.2) is 18.5 Å². The molecule has 3 aromatic rings. The van der Waals surface area contributed by atoms with Gasteiger partial charge in [-0.2, -0.15) is 0 Å². The van der Waals surface area contributed by atoms with E-state index >= 15 is 0 Å². The van der Waals surface area contributed by atoms with E-state index in [1.807, 2.05) is 54.6 Å². The number of ether oxygens (including phenoxy) is 2. The lowest BCUT2D eigenvalue weighted by atomic mass is 9.78. The second kappa shape index (κ2) is 14.7. The van der Waals surface area contributed by atoms with Crippen molar-refractivity contribution in [3.05, 3.63) is 107 Å². The molecule has 4 nitrogen and oxygen atoms in total. The average Bonchev–Trinajstić information content (AvgIpc) is 3.07. The molecule has 222 valence electrons. The largest absolute Gasteiger partial charge is 0.458 e. The first-order valence-corrected chi connectivity index (χ1v) is 16.2. The summed E-state index contributed by atoms with van der Waals surface area (Å²) in [5.74, 6) is 2.04. The van der Waals surface area contributed by atoms with E-state index in [-0.39, 0.29) is 6.61 Å². The van der Waals surface area contributed by atoms with Crippen molar-refractivity contribution in [3.63, 3.8) is 0 Å². The van der Waals surface area contributed by atoms with Crippen molar-refractivity contribution in [1.29, 1.82) is 0 Å². The Morgan fingerprint density at radius 3 is 1.52 bits per heavy atom. The van der Waals surface area contributed by atoms with E-state index < -0.39 is 18.0 Å². The van der Waals surface area contributed by atoms with Crippen LogP contribution >= 0.6 is 0 Å². The van der Waals surface area contributed by atoms with Crippen LogP contribution < -0.4 is 0 Å². The van der Waals surface area contributed by atoms with Gasteiger partial charge in [-0.15, -0.1) is 0 Å². The fourth-order valence-corrected chi connectivity index (χ4v) is 6.89. The van der Waals surface area contributed by atoms with Crippen molar-refractivity contribution in [3.8, 4) is 0 Å². The molecule has 0 bridgehead atoms. The number of hydrogen-bond acceptors (Lipinski definition) is 4. The van der Waals surface area contributed by atoms with E-state index in [2.05, 4.69) is 38.1 Å². The van der Waals surface area contributed by atoms with Crippen LogP contribution in [0.25, 0.3) is 0 Å². The molecule has 2 aliphatic carbocycles. The predicted octanol–water partition coefficient (Wildman–Crippen LogP) is 9.81. The number of carbonyl (C=O) groups is 2. The van der Waals surface area contributed by atoms with E-state index in [1.165, 1.54) is 75.3 Å². The van der Waals surface area contributed by atoms with Gasteiger partial charge in [-0.25, -0.2) is 9.59 Å². The molecule has 0 radical (unpaired) electrons. The molecule has 0 saturated heterocycles. The average molecular weight is 567 g/mol. The van der Waals surface area contributed by atoms with Crippen LogP contribution in [-0.2, 0) is 9.47 Å². The molecule has 2 fully saturated rings. The summed E-state index contributed by atoms with van der Waals surface area (Å²) in [7, 11) is 0. The van der Waals surface area contributed by atoms with E-state index in [0.717, 1.165) is 17.4 Å². The van der Waals surface area contributed by atoms with Gasteiger partial charge in [0.25, 0.3) is 0 Å². The molecule has 2 saturated carbocycles. The van der Waals surface area contributed by atoms with Crippen molar-refractivity contribution in [2.24, 2.45) is 11.8 Å². The fourth-order valence-electron chi connectivity index (χ4n) is 6.89. The Labute approximate surface area is 251 Å². The van der Waals surface area contributed by atoms with Gasteiger partial charge in [0.1, 0.15) is 6.61 Å². The zero-order valence-corrected chi connectivity index (χ0v) is 25.3. The lowest BCUT2D eigenvalue weighted by molar-refractivity contribution is -0.00134. The standard InChI is InChI=1S/C38H46O4/c1-3-27-10-14-29(15-11-27)31-18-22-34(23-19-31)37(39)41-26-36(33-8-6-5-7-9-33)42-38(40)35-24-20-32(21-25-35)30-16-12-28(4-2)13-17-30/h5-9,18-25,27-30,36H,3-4,10-17,26H2,1-2H3/t27-,28-,29-,30-,36?. The van der Waals surface area contributed by atoms with Crippen LogP contribution in [0, 0.1) is 11.8 Å². The van der Waals surface area contributed by atoms with E-state index in [4.69, 9.17) is 9.47 Å². The Kier molecular flexibility index (Phi) is 10.5. The minimum absolute atomic E-state index is 0.0455. The van der Waals surface area contributed by atoms with Crippen molar-refractivity contribution in [2.75, 3.05) is 6.61 Å². The Hall–Kier alpha value is -3.40. The maximum absolute atomic E-state index is 13.2. The summed E-state index contributed by atoms with van der Waals surface area (Å²) in [6.45, 7) is 4.52. The summed E-state index contributed by atoms with van der Waals surface area (Å²) in [5, 5.41) is 0. The molecule has 0 heterocycles. The Morgan fingerprint density at radius 1 is 0.619 bits per heavy atom. The number of rotatable bonds is 10. The van der Waals surface area contributed by atoms with Gasteiger partial charge >= 0.3 is 11.9 Å². The third-order valence-corrected chi connectivity index (χ3v) is 9.87. The van der Waals surface area contributed by atoms with Gasteiger partial charge < -0.3 is 9.47 Å². The van der Waals surface area contributed by atoms with Crippen LogP contribution in [0.5, 0.6) is 0 Å². The summed E-state index contributed by atoms with van der Waals surface area (Å²) in [5.41, 5.74) is 4.42. The normalized spacial score (nSPS) is 23.1. The number of carbonyl (C=O) groups excluding carboxylic acids is 2. The molecule has 5 rings (SSSR count). The molecule has 0 aromatic heterocycles. The van der Waals surface area contributed by atoms with Gasteiger partial charge in [0.2, 0.25) is 0 Å². The Morgan fingerprint density at radius 2 is 1.07 bits per heavy atom. The third kappa shape index (κ3) is 7.70. The first-order valence-electron chi connectivity index (χ1n) is 16.2. The van der Waals surface area contributed by atoms with Crippen LogP contribution in [0.2, 0.25) is 0 Å². The van der Waals surface area contributed by atoms with Gasteiger partial charge in [-0.05, 0) is 116 Å². The zero-order chi connectivity index (χ0) is 29.3. The van der Waals surface area contributed by atoms with Gasteiger partial charge in [0, 0.05) is 0 Å². The SMILES string of the molecule is CC[C@H]1CC[C@H](c2ccc(C(=O)OCC(OC(=O)c3ccc([C@H]4CC[C@H](CC)CC4)cc3)c3ccccc3)cc2)CC1. The summed E-state index contributed by atoms with van der Waals surface area (Å²) >= 11 is 0. The maximum Gasteiger partial charge on any atom is 0.338 e. The minimum Gasteiger partial charge on any atom is -0.458 e. The Bertz CT molecular complexity index is 1260. The summed E-state index contributed by atoms with van der Waals surface area (Å²) in [6, 6.07) is 25.2.